The van der Waals surface area contributed by atoms with Gasteiger partial charge in [-0.3, -0.25) is 9.67 Å². The van der Waals surface area contributed by atoms with Gasteiger partial charge in [-0.15, -0.1) is 24.0 Å². The third kappa shape index (κ3) is 5.88. The summed E-state index contributed by atoms with van der Waals surface area (Å²) in [4.78, 5) is 4.28. The standard InChI is InChI=1S/C22H25N5O2.HI/c1-23-22(25-13-19-16-28-20-9-5-6-10-21(20)29-19)24-11-18-12-26-27(15-18)14-17-7-3-2-4-8-17;/h2-10,12,15,19H,11,13-14,16H2,1H3,(H2,23,24,25);1H. The van der Waals surface area contributed by atoms with Crippen molar-refractivity contribution in [3.05, 3.63) is 78.1 Å². The van der Waals surface area contributed by atoms with E-state index >= 15 is 0 Å². The van der Waals surface area contributed by atoms with Crippen LogP contribution in [0.15, 0.2) is 72.0 Å². The van der Waals surface area contributed by atoms with E-state index in [-0.39, 0.29) is 30.1 Å². The number of hydrogen-bond donors (Lipinski definition) is 2. The number of nitrogens with zero attached hydrogens (tertiary/aromatic N) is 3. The summed E-state index contributed by atoms with van der Waals surface area (Å²) in [7, 11) is 1.75. The molecule has 30 heavy (non-hydrogen) atoms. The van der Waals surface area contributed by atoms with Crippen LogP contribution in [-0.4, -0.2) is 42.0 Å². The van der Waals surface area contributed by atoms with Crippen molar-refractivity contribution >= 4 is 29.9 Å². The molecule has 2 N–H and O–H groups in total. The Morgan fingerprint density at radius 2 is 1.83 bits per heavy atom. The Morgan fingerprint density at radius 3 is 2.63 bits per heavy atom. The minimum atomic E-state index is -0.0722. The number of ether oxygens (including phenoxy) is 2. The zero-order chi connectivity index (χ0) is 19.9. The number of para-hydroxylation sites is 2. The zero-order valence-corrected chi connectivity index (χ0v) is 19.2. The molecule has 0 saturated carbocycles. The van der Waals surface area contributed by atoms with Crippen LogP contribution in [0.4, 0.5) is 0 Å². The van der Waals surface area contributed by atoms with Gasteiger partial charge in [-0.1, -0.05) is 42.5 Å². The smallest absolute Gasteiger partial charge is 0.191 e. The number of halogens is 1. The summed E-state index contributed by atoms with van der Waals surface area (Å²) < 4.78 is 13.7. The second-order valence-electron chi connectivity index (χ2n) is 6.84. The molecule has 4 rings (SSSR count). The Morgan fingerprint density at radius 1 is 1.07 bits per heavy atom. The zero-order valence-electron chi connectivity index (χ0n) is 16.8. The van der Waals surface area contributed by atoms with E-state index in [0.717, 1.165) is 23.6 Å². The molecule has 2 heterocycles. The molecule has 1 aromatic heterocycles. The molecule has 8 heteroatoms. The van der Waals surface area contributed by atoms with Crippen LogP contribution in [0.5, 0.6) is 11.5 Å². The Hall–Kier alpha value is -2.75. The quantitative estimate of drug-likeness (QED) is 0.298. The van der Waals surface area contributed by atoms with Gasteiger partial charge in [-0.05, 0) is 17.7 Å². The van der Waals surface area contributed by atoms with E-state index in [2.05, 4.69) is 32.9 Å². The summed E-state index contributed by atoms with van der Waals surface area (Å²) in [6.45, 7) is 2.50. The lowest BCUT2D eigenvalue weighted by Crippen LogP contribution is -2.45. The van der Waals surface area contributed by atoms with Crippen molar-refractivity contribution in [2.45, 2.75) is 19.2 Å². The Labute approximate surface area is 193 Å². The second-order valence-corrected chi connectivity index (χ2v) is 6.84. The first-order chi connectivity index (χ1) is 14.3. The lowest BCUT2D eigenvalue weighted by Gasteiger charge is -2.27. The van der Waals surface area contributed by atoms with E-state index in [1.807, 2.05) is 59.5 Å². The van der Waals surface area contributed by atoms with Gasteiger partial charge in [-0.2, -0.15) is 5.10 Å². The highest BCUT2D eigenvalue weighted by Crippen LogP contribution is 2.30. The maximum Gasteiger partial charge on any atom is 0.191 e. The Bertz CT molecular complexity index is 961. The van der Waals surface area contributed by atoms with E-state index in [0.29, 0.717) is 25.7 Å². The molecular weight excluding hydrogens is 493 g/mol. The number of benzene rings is 2. The minimum absolute atomic E-state index is 0. The number of hydrogen-bond acceptors (Lipinski definition) is 4. The van der Waals surface area contributed by atoms with Crippen LogP contribution in [0, 0.1) is 0 Å². The largest absolute Gasteiger partial charge is 0.486 e. The van der Waals surface area contributed by atoms with Gasteiger partial charge in [0.1, 0.15) is 12.7 Å². The van der Waals surface area contributed by atoms with Gasteiger partial charge in [0.15, 0.2) is 17.5 Å². The van der Waals surface area contributed by atoms with Crippen LogP contribution in [0.1, 0.15) is 11.1 Å². The summed E-state index contributed by atoms with van der Waals surface area (Å²) >= 11 is 0. The molecule has 0 radical (unpaired) electrons. The molecule has 1 atom stereocenters. The van der Waals surface area contributed by atoms with Gasteiger partial charge in [0, 0.05) is 25.4 Å². The van der Waals surface area contributed by atoms with Crippen molar-refractivity contribution in [3.8, 4) is 11.5 Å². The maximum absolute atomic E-state index is 5.97. The number of fused-ring (bicyclic) bond motifs is 1. The van der Waals surface area contributed by atoms with Crippen LogP contribution in [0.3, 0.4) is 0 Å². The third-order valence-corrected chi connectivity index (χ3v) is 4.62. The topological polar surface area (TPSA) is 72.7 Å². The van der Waals surface area contributed by atoms with Crippen molar-refractivity contribution < 1.29 is 9.47 Å². The highest BCUT2D eigenvalue weighted by molar-refractivity contribution is 14.0. The normalized spacial score (nSPS) is 15.2. The SMILES string of the molecule is CN=C(NCc1cnn(Cc2ccccc2)c1)NCC1COc2ccccc2O1.I. The van der Waals surface area contributed by atoms with Crippen molar-refractivity contribution in [2.24, 2.45) is 4.99 Å². The maximum atomic E-state index is 5.97. The predicted molar refractivity (Wildman–Crippen MR) is 128 cm³/mol. The fourth-order valence-corrected chi connectivity index (χ4v) is 3.14. The van der Waals surface area contributed by atoms with Crippen LogP contribution in [0.25, 0.3) is 0 Å². The van der Waals surface area contributed by atoms with E-state index in [1.165, 1.54) is 5.56 Å². The van der Waals surface area contributed by atoms with Crippen LogP contribution >= 0.6 is 24.0 Å². The molecule has 0 fully saturated rings. The van der Waals surface area contributed by atoms with Gasteiger partial charge in [0.2, 0.25) is 0 Å². The average molecular weight is 519 g/mol. The molecule has 3 aromatic rings. The lowest BCUT2D eigenvalue weighted by atomic mass is 10.2. The predicted octanol–water partition coefficient (Wildman–Crippen LogP) is 3.05. The fraction of sp³-hybridized carbons (Fsp3) is 0.273. The van der Waals surface area contributed by atoms with E-state index in [4.69, 9.17) is 9.47 Å². The number of aliphatic imine (C=N–C) groups is 1. The van der Waals surface area contributed by atoms with Crippen molar-refractivity contribution in [3.63, 3.8) is 0 Å². The summed E-state index contributed by atoms with van der Waals surface area (Å²) in [5.74, 6) is 2.28. The van der Waals surface area contributed by atoms with Gasteiger partial charge < -0.3 is 20.1 Å². The summed E-state index contributed by atoms with van der Waals surface area (Å²) in [6.07, 6.45) is 3.85. The summed E-state index contributed by atoms with van der Waals surface area (Å²) in [5, 5.41) is 11.0. The molecule has 0 amide bonds. The highest BCUT2D eigenvalue weighted by atomic mass is 127. The fourth-order valence-electron chi connectivity index (χ4n) is 3.14. The molecule has 0 aliphatic carbocycles. The van der Waals surface area contributed by atoms with Crippen molar-refractivity contribution in [2.75, 3.05) is 20.2 Å². The monoisotopic (exact) mass is 519 g/mol. The molecule has 2 aromatic carbocycles. The molecular formula is C22H26IN5O2. The third-order valence-electron chi connectivity index (χ3n) is 4.62. The van der Waals surface area contributed by atoms with Gasteiger partial charge >= 0.3 is 0 Å². The van der Waals surface area contributed by atoms with Crippen LogP contribution in [-0.2, 0) is 13.1 Å². The summed E-state index contributed by atoms with van der Waals surface area (Å²) in [6, 6.07) is 18.0. The number of guanidine groups is 1. The Balaban J connectivity index is 0.00000256. The van der Waals surface area contributed by atoms with Crippen molar-refractivity contribution in [1.82, 2.24) is 20.4 Å². The highest BCUT2D eigenvalue weighted by Gasteiger charge is 2.20. The number of aromatic nitrogens is 2. The molecule has 0 bridgehead atoms. The first kappa shape index (κ1) is 21.9. The number of nitrogens with one attached hydrogen (secondary N) is 2. The van der Waals surface area contributed by atoms with E-state index in [9.17, 15) is 0 Å². The molecule has 158 valence electrons. The van der Waals surface area contributed by atoms with Gasteiger partial charge in [0.25, 0.3) is 0 Å². The molecule has 1 aliphatic heterocycles. The number of rotatable bonds is 6. The average Bonchev–Trinajstić information content (AvgIpc) is 3.21. The van der Waals surface area contributed by atoms with Crippen LogP contribution in [0.2, 0.25) is 0 Å². The van der Waals surface area contributed by atoms with E-state index < -0.39 is 0 Å². The first-order valence-electron chi connectivity index (χ1n) is 9.68. The summed E-state index contributed by atoms with van der Waals surface area (Å²) in [5.41, 5.74) is 2.32. The van der Waals surface area contributed by atoms with Crippen LogP contribution < -0.4 is 20.1 Å². The minimum Gasteiger partial charge on any atom is -0.486 e. The van der Waals surface area contributed by atoms with E-state index in [1.54, 1.807) is 7.05 Å². The molecule has 1 unspecified atom stereocenters. The molecule has 0 spiro atoms. The molecule has 1 aliphatic rings. The molecule has 0 saturated heterocycles. The lowest BCUT2D eigenvalue weighted by molar-refractivity contribution is 0.0936. The Kier molecular flexibility index (Phi) is 7.95. The van der Waals surface area contributed by atoms with Gasteiger partial charge in [0.05, 0.1) is 19.3 Å². The molecule has 7 nitrogen and oxygen atoms in total. The second kappa shape index (κ2) is 10.9. The first-order valence-corrected chi connectivity index (χ1v) is 9.68. The van der Waals surface area contributed by atoms with Crippen molar-refractivity contribution in [1.29, 1.82) is 0 Å². The van der Waals surface area contributed by atoms with Gasteiger partial charge in [-0.25, -0.2) is 0 Å².